The number of carbonyl (C=O) groups excluding carboxylic acids is 1. The SMILES string of the molecule is CCNC(=O)C(C)Oc1c(Br)cc(CN)cc1OCC. The molecule has 1 atom stereocenters. The Labute approximate surface area is 127 Å². The Hall–Kier alpha value is -1.27. The summed E-state index contributed by atoms with van der Waals surface area (Å²) < 4.78 is 12.0. The predicted octanol–water partition coefficient (Wildman–Crippen LogP) is 2.21. The van der Waals surface area contributed by atoms with Gasteiger partial charge in [-0.25, -0.2) is 0 Å². The monoisotopic (exact) mass is 344 g/mol. The van der Waals surface area contributed by atoms with E-state index in [0.29, 0.717) is 31.2 Å². The fourth-order valence-electron chi connectivity index (χ4n) is 1.66. The van der Waals surface area contributed by atoms with E-state index in [0.717, 1.165) is 10.0 Å². The smallest absolute Gasteiger partial charge is 0.260 e. The number of amides is 1. The van der Waals surface area contributed by atoms with Gasteiger partial charge in [0.25, 0.3) is 5.91 Å². The van der Waals surface area contributed by atoms with Crippen molar-refractivity contribution in [3.63, 3.8) is 0 Å². The molecule has 0 heterocycles. The van der Waals surface area contributed by atoms with E-state index >= 15 is 0 Å². The Morgan fingerprint density at radius 1 is 1.45 bits per heavy atom. The quantitative estimate of drug-likeness (QED) is 0.795. The lowest BCUT2D eigenvalue weighted by molar-refractivity contribution is -0.127. The van der Waals surface area contributed by atoms with Crippen molar-refractivity contribution in [1.82, 2.24) is 5.32 Å². The van der Waals surface area contributed by atoms with E-state index in [1.807, 2.05) is 26.0 Å². The molecule has 0 aromatic heterocycles. The molecular weight excluding hydrogens is 324 g/mol. The van der Waals surface area contributed by atoms with E-state index < -0.39 is 6.10 Å². The number of benzene rings is 1. The van der Waals surface area contributed by atoms with E-state index in [9.17, 15) is 4.79 Å². The third-order valence-electron chi connectivity index (χ3n) is 2.62. The van der Waals surface area contributed by atoms with E-state index in [4.69, 9.17) is 15.2 Å². The number of ether oxygens (including phenoxy) is 2. The highest BCUT2D eigenvalue weighted by Crippen LogP contribution is 2.37. The Bertz CT molecular complexity index is 466. The van der Waals surface area contributed by atoms with Crippen molar-refractivity contribution in [2.45, 2.75) is 33.4 Å². The highest BCUT2D eigenvalue weighted by Gasteiger charge is 2.19. The van der Waals surface area contributed by atoms with Gasteiger partial charge < -0.3 is 20.5 Å². The summed E-state index contributed by atoms with van der Waals surface area (Å²) in [6, 6.07) is 3.69. The van der Waals surface area contributed by atoms with E-state index in [2.05, 4.69) is 21.2 Å². The molecule has 112 valence electrons. The van der Waals surface area contributed by atoms with Crippen LogP contribution in [-0.2, 0) is 11.3 Å². The summed E-state index contributed by atoms with van der Waals surface area (Å²) in [6.45, 7) is 6.93. The molecule has 6 heteroatoms. The summed E-state index contributed by atoms with van der Waals surface area (Å²) in [5, 5.41) is 2.72. The predicted molar refractivity (Wildman–Crippen MR) is 82.0 cm³/mol. The largest absolute Gasteiger partial charge is 0.490 e. The van der Waals surface area contributed by atoms with Gasteiger partial charge in [0.2, 0.25) is 0 Å². The fourth-order valence-corrected chi connectivity index (χ4v) is 2.25. The van der Waals surface area contributed by atoms with Gasteiger partial charge >= 0.3 is 0 Å². The number of halogens is 1. The zero-order valence-electron chi connectivity index (χ0n) is 12.0. The summed E-state index contributed by atoms with van der Waals surface area (Å²) in [5.41, 5.74) is 6.57. The molecule has 1 rings (SSSR count). The molecule has 0 spiro atoms. The minimum Gasteiger partial charge on any atom is -0.490 e. The molecule has 5 nitrogen and oxygen atoms in total. The maximum atomic E-state index is 11.7. The third kappa shape index (κ3) is 4.38. The van der Waals surface area contributed by atoms with Gasteiger partial charge in [0.1, 0.15) is 0 Å². The number of hydrogen-bond acceptors (Lipinski definition) is 4. The van der Waals surface area contributed by atoms with Crippen molar-refractivity contribution in [2.24, 2.45) is 5.73 Å². The van der Waals surface area contributed by atoms with Gasteiger partial charge in [-0.3, -0.25) is 4.79 Å². The number of hydrogen-bond donors (Lipinski definition) is 2. The second-order valence-electron chi connectivity index (χ2n) is 4.20. The van der Waals surface area contributed by atoms with Crippen LogP contribution in [0.4, 0.5) is 0 Å². The molecule has 0 aliphatic carbocycles. The van der Waals surface area contributed by atoms with Gasteiger partial charge in [0, 0.05) is 13.1 Å². The lowest BCUT2D eigenvalue weighted by atomic mass is 10.2. The van der Waals surface area contributed by atoms with Crippen molar-refractivity contribution in [2.75, 3.05) is 13.2 Å². The van der Waals surface area contributed by atoms with Crippen molar-refractivity contribution in [3.8, 4) is 11.5 Å². The Morgan fingerprint density at radius 3 is 2.70 bits per heavy atom. The van der Waals surface area contributed by atoms with Crippen LogP contribution in [0.1, 0.15) is 26.3 Å². The molecule has 1 unspecified atom stereocenters. The highest BCUT2D eigenvalue weighted by molar-refractivity contribution is 9.10. The van der Waals surface area contributed by atoms with Crippen molar-refractivity contribution in [3.05, 3.63) is 22.2 Å². The molecule has 20 heavy (non-hydrogen) atoms. The Kier molecular flexibility index (Phi) is 6.81. The number of nitrogens with two attached hydrogens (primary N) is 1. The first-order valence-corrected chi connectivity index (χ1v) is 7.42. The van der Waals surface area contributed by atoms with Gasteiger partial charge in [-0.2, -0.15) is 0 Å². The zero-order chi connectivity index (χ0) is 15.1. The van der Waals surface area contributed by atoms with E-state index in [-0.39, 0.29) is 5.91 Å². The van der Waals surface area contributed by atoms with Crippen LogP contribution < -0.4 is 20.5 Å². The molecule has 1 aromatic rings. The van der Waals surface area contributed by atoms with Gasteiger partial charge in [-0.15, -0.1) is 0 Å². The molecule has 0 aliphatic heterocycles. The Morgan fingerprint density at radius 2 is 2.15 bits per heavy atom. The minimum atomic E-state index is -0.603. The number of likely N-dealkylation sites (N-methyl/N-ethyl adjacent to an activating group) is 1. The van der Waals surface area contributed by atoms with Gasteiger partial charge in [0.05, 0.1) is 11.1 Å². The average Bonchev–Trinajstić information content (AvgIpc) is 2.42. The summed E-state index contributed by atoms with van der Waals surface area (Å²) in [7, 11) is 0. The van der Waals surface area contributed by atoms with Crippen LogP contribution in [0.15, 0.2) is 16.6 Å². The van der Waals surface area contributed by atoms with Crippen molar-refractivity contribution >= 4 is 21.8 Å². The maximum Gasteiger partial charge on any atom is 0.260 e. The van der Waals surface area contributed by atoms with Crippen LogP contribution in [0.5, 0.6) is 11.5 Å². The zero-order valence-corrected chi connectivity index (χ0v) is 13.6. The molecular formula is C14H21BrN2O3. The standard InChI is InChI=1S/C14H21BrN2O3/c1-4-17-14(18)9(3)20-13-11(15)6-10(8-16)7-12(13)19-5-2/h6-7,9H,4-5,8,16H2,1-3H3,(H,17,18). The second-order valence-corrected chi connectivity index (χ2v) is 5.05. The van der Waals surface area contributed by atoms with Crippen molar-refractivity contribution < 1.29 is 14.3 Å². The number of carbonyl (C=O) groups is 1. The van der Waals surface area contributed by atoms with Crippen LogP contribution in [0.25, 0.3) is 0 Å². The topological polar surface area (TPSA) is 73.6 Å². The lowest BCUT2D eigenvalue weighted by Crippen LogP contribution is -2.36. The van der Waals surface area contributed by atoms with Crippen LogP contribution in [0, 0.1) is 0 Å². The first-order chi connectivity index (χ1) is 9.53. The molecule has 3 N–H and O–H groups in total. The van der Waals surface area contributed by atoms with Crippen LogP contribution in [0.3, 0.4) is 0 Å². The van der Waals surface area contributed by atoms with E-state index in [1.165, 1.54) is 0 Å². The molecule has 1 aromatic carbocycles. The maximum absolute atomic E-state index is 11.7. The fraction of sp³-hybridized carbons (Fsp3) is 0.500. The average molecular weight is 345 g/mol. The second kappa shape index (κ2) is 8.11. The third-order valence-corrected chi connectivity index (χ3v) is 3.21. The molecule has 0 aliphatic rings. The summed E-state index contributed by atoms with van der Waals surface area (Å²) in [6.07, 6.45) is -0.603. The molecule has 0 saturated heterocycles. The molecule has 1 amide bonds. The Balaban J connectivity index is 3.00. The summed E-state index contributed by atoms with van der Waals surface area (Å²) >= 11 is 3.43. The number of rotatable bonds is 7. The molecule has 0 bridgehead atoms. The normalized spacial score (nSPS) is 11.8. The first-order valence-electron chi connectivity index (χ1n) is 6.63. The van der Waals surface area contributed by atoms with Crippen LogP contribution in [0.2, 0.25) is 0 Å². The summed E-state index contributed by atoms with van der Waals surface area (Å²) in [5.74, 6) is 0.936. The highest BCUT2D eigenvalue weighted by atomic mass is 79.9. The van der Waals surface area contributed by atoms with Crippen LogP contribution in [-0.4, -0.2) is 25.2 Å². The van der Waals surface area contributed by atoms with E-state index in [1.54, 1.807) is 6.92 Å². The summed E-state index contributed by atoms with van der Waals surface area (Å²) in [4.78, 5) is 11.7. The lowest BCUT2D eigenvalue weighted by Gasteiger charge is -2.19. The minimum absolute atomic E-state index is 0.162. The van der Waals surface area contributed by atoms with Crippen LogP contribution >= 0.6 is 15.9 Å². The van der Waals surface area contributed by atoms with Crippen molar-refractivity contribution in [1.29, 1.82) is 0 Å². The van der Waals surface area contributed by atoms with Gasteiger partial charge in [-0.1, -0.05) is 0 Å². The molecule has 0 fully saturated rings. The first kappa shape index (κ1) is 16.8. The molecule has 0 radical (unpaired) electrons. The molecule has 0 saturated carbocycles. The van der Waals surface area contributed by atoms with Gasteiger partial charge in [0.15, 0.2) is 17.6 Å². The number of nitrogens with one attached hydrogen (secondary N) is 1. The van der Waals surface area contributed by atoms with Gasteiger partial charge in [-0.05, 0) is 54.4 Å².